The van der Waals surface area contributed by atoms with Crippen LogP contribution >= 0.6 is 11.3 Å². The number of carbonyl (C=O) groups is 3. The fourth-order valence-electron chi connectivity index (χ4n) is 3.35. The second-order valence-corrected chi connectivity index (χ2v) is 8.61. The Morgan fingerprint density at radius 3 is 2.47 bits per heavy atom. The average molecular weight is 429 g/mol. The van der Waals surface area contributed by atoms with E-state index in [1.807, 2.05) is 48.7 Å². The number of hydrogen-bond acceptors (Lipinski definition) is 5. The van der Waals surface area contributed by atoms with Gasteiger partial charge in [-0.3, -0.25) is 19.3 Å². The summed E-state index contributed by atoms with van der Waals surface area (Å²) in [7, 11) is 1.64. The van der Waals surface area contributed by atoms with Gasteiger partial charge in [0.15, 0.2) is 0 Å². The highest BCUT2D eigenvalue weighted by Gasteiger charge is 2.24. The summed E-state index contributed by atoms with van der Waals surface area (Å²) in [6.45, 7) is 3.76. The fraction of sp³-hybridized carbons (Fsp3) is 0.409. The Morgan fingerprint density at radius 2 is 1.83 bits per heavy atom. The number of carbonyl (C=O) groups excluding carboxylic acids is 3. The van der Waals surface area contributed by atoms with Crippen molar-refractivity contribution in [1.82, 2.24) is 15.1 Å². The van der Waals surface area contributed by atoms with E-state index in [1.54, 1.807) is 7.05 Å². The van der Waals surface area contributed by atoms with Crippen molar-refractivity contribution in [3.05, 3.63) is 52.2 Å². The molecule has 2 N–H and O–H groups in total. The number of rotatable bonds is 7. The van der Waals surface area contributed by atoms with Crippen molar-refractivity contribution in [3.63, 3.8) is 0 Å². The molecule has 1 saturated heterocycles. The lowest BCUT2D eigenvalue weighted by Gasteiger charge is -2.32. The van der Waals surface area contributed by atoms with Crippen molar-refractivity contribution in [2.45, 2.75) is 25.8 Å². The van der Waals surface area contributed by atoms with Gasteiger partial charge in [-0.15, -0.1) is 11.3 Å². The van der Waals surface area contributed by atoms with Gasteiger partial charge in [0.1, 0.15) is 0 Å². The summed E-state index contributed by atoms with van der Waals surface area (Å²) < 4.78 is 0. The highest BCUT2D eigenvalue weighted by atomic mass is 32.1. The van der Waals surface area contributed by atoms with Crippen LogP contribution in [0.2, 0.25) is 0 Å². The number of piperidine rings is 1. The number of nitrogens with zero attached hydrogens (tertiary/aromatic N) is 2. The summed E-state index contributed by atoms with van der Waals surface area (Å²) in [6.07, 6.45) is 1.62. The van der Waals surface area contributed by atoms with Crippen molar-refractivity contribution in [2.75, 3.05) is 38.5 Å². The van der Waals surface area contributed by atoms with Gasteiger partial charge in [-0.25, -0.2) is 0 Å². The van der Waals surface area contributed by atoms with E-state index in [9.17, 15) is 14.4 Å². The lowest BCUT2D eigenvalue weighted by atomic mass is 10.0. The molecule has 0 aliphatic carbocycles. The number of benzene rings is 1. The van der Waals surface area contributed by atoms with Crippen molar-refractivity contribution in [2.24, 2.45) is 0 Å². The highest BCUT2D eigenvalue weighted by Crippen LogP contribution is 2.14. The molecule has 2 heterocycles. The molecule has 3 amide bonds. The van der Waals surface area contributed by atoms with Crippen molar-refractivity contribution in [1.29, 1.82) is 0 Å². The molecule has 1 aromatic carbocycles. The van der Waals surface area contributed by atoms with Crippen LogP contribution in [0.15, 0.2) is 41.8 Å². The van der Waals surface area contributed by atoms with Gasteiger partial charge >= 0.3 is 0 Å². The average Bonchev–Trinajstić information content (AvgIpc) is 3.26. The number of amides is 3. The molecule has 3 rings (SSSR count). The highest BCUT2D eigenvalue weighted by molar-refractivity contribution is 7.12. The molecule has 160 valence electrons. The quantitative estimate of drug-likeness (QED) is 0.709. The molecule has 0 spiro atoms. The fourth-order valence-corrected chi connectivity index (χ4v) is 3.98. The van der Waals surface area contributed by atoms with Gasteiger partial charge < -0.3 is 15.5 Å². The Balaban J connectivity index is 1.37. The number of anilines is 1. The molecule has 30 heavy (non-hydrogen) atoms. The molecule has 0 radical (unpaired) electrons. The first kappa shape index (κ1) is 22.0. The number of likely N-dealkylation sites (tertiary alicyclic amines) is 1. The molecule has 0 atom stereocenters. The van der Waals surface area contributed by atoms with Crippen LogP contribution < -0.4 is 10.6 Å². The van der Waals surface area contributed by atoms with Crippen LogP contribution in [-0.2, 0) is 9.59 Å². The lowest BCUT2D eigenvalue weighted by molar-refractivity contribution is -0.134. The third-order valence-corrected chi connectivity index (χ3v) is 6.04. The first-order chi connectivity index (χ1) is 14.4. The molecule has 0 unspecified atom stereocenters. The second-order valence-electron chi connectivity index (χ2n) is 7.67. The maximum atomic E-state index is 12.5. The van der Waals surface area contributed by atoms with E-state index < -0.39 is 0 Å². The zero-order chi connectivity index (χ0) is 21.5. The maximum Gasteiger partial charge on any atom is 0.261 e. The molecule has 1 aliphatic rings. The van der Waals surface area contributed by atoms with Crippen LogP contribution in [0.3, 0.4) is 0 Å². The van der Waals surface area contributed by atoms with Crippen LogP contribution in [0.5, 0.6) is 0 Å². The molecule has 0 saturated carbocycles. The Bertz CT molecular complexity index is 859. The Morgan fingerprint density at radius 1 is 1.13 bits per heavy atom. The number of thiophene rings is 1. The number of hydrogen-bond donors (Lipinski definition) is 2. The Labute approximate surface area is 181 Å². The van der Waals surface area contributed by atoms with E-state index in [0.29, 0.717) is 0 Å². The lowest BCUT2D eigenvalue weighted by Crippen LogP contribution is -2.48. The molecule has 1 aliphatic heterocycles. The summed E-state index contributed by atoms with van der Waals surface area (Å²) in [5.41, 5.74) is 1.84. The van der Waals surface area contributed by atoms with Gasteiger partial charge in [0.25, 0.3) is 5.91 Å². The van der Waals surface area contributed by atoms with Gasteiger partial charge in [0.2, 0.25) is 11.8 Å². The molecule has 7 nitrogen and oxygen atoms in total. The molecule has 8 heteroatoms. The molecule has 1 aromatic heterocycles. The van der Waals surface area contributed by atoms with Crippen LogP contribution in [0, 0.1) is 6.92 Å². The normalized spacial score (nSPS) is 14.9. The van der Waals surface area contributed by atoms with Crippen LogP contribution in [-0.4, -0.2) is 66.8 Å². The Kier molecular flexibility index (Phi) is 7.59. The minimum absolute atomic E-state index is 0.0139. The monoisotopic (exact) mass is 428 g/mol. The predicted octanol–water partition coefficient (Wildman–Crippen LogP) is 2.35. The number of aryl methyl sites for hydroxylation is 1. The van der Waals surface area contributed by atoms with Gasteiger partial charge in [0.05, 0.1) is 18.0 Å². The van der Waals surface area contributed by atoms with Crippen molar-refractivity contribution in [3.8, 4) is 0 Å². The zero-order valence-corrected chi connectivity index (χ0v) is 18.2. The smallest absolute Gasteiger partial charge is 0.261 e. The standard InChI is InChI=1S/C22H28N4O3S/c1-16-5-7-17(8-6-16)23-20(27)14-25(2)21(28)15-26-11-9-18(10-12-26)24-22(29)19-4-3-13-30-19/h3-8,13,18H,9-12,14-15H2,1-2H3,(H,23,27)(H,24,29). The molecular formula is C22H28N4O3S. The van der Waals surface area contributed by atoms with Gasteiger partial charge in [-0.1, -0.05) is 23.8 Å². The van der Waals surface area contributed by atoms with Crippen LogP contribution in [0.25, 0.3) is 0 Å². The van der Waals surface area contributed by atoms with Crippen LogP contribution in [0.1, 0.15) is 28.1 Å². The second kappa shape index (κ2) is 10.4. The third kappa shape index (κ3) is 6.40. The van der Waals surface area contributed by atoms with Crippen molar-refractivity contribution < 1.29 is 14.4 Å². The first-order valence-electron chi connectivity index (χ1n) is 10.1. The maximum absolute atomic E-state index is 12.5. The SMILES string of the molecule is Cc1ccc(NC(=O)CN(C)C(=O)CN2CCC(NC(=O)c3cccs3)CC2)cc1. The minimum atomic E-state index is -0.218. The molecular weight excluding hydrogens is 400 g/mol. The summed E-state index contributed by atoms with van der Waals surface area (Å²) in [6, 6.07) is 11.4. The summed E-state index contributed by atoms with van der Waals surface area (Å²) in [4.78, 5) is 41.1. The summed E-state index contributed by atoms with van der Waals surface area (Å²) in [5.74, 6) is -0.335. The minimum Gasteiger partial charge on any atom is -0.349 e. The van der Waals surface area contributed by atoms with E-state index >= 15 is 0 Å². The van der Waals surface area contributed by atoms with Gasteiger partial charge in [0, 0.05) is 31.9 Å². The van der Waals surface area contributed by atoms with Gasteiger partial charge in [-0.05, 0) is 43.3 Å². The van der Waals surface area contributed by atoms with E-state index in [2.05, 4.69) is 15.5 Å². The number of nitrogens with one attached hydrogen (secondary N) is 2. The summed E-state index contributed by atoms with van der Waals surface area (Å²) in [5, 5.41) is 7.76. The van der Waals surface area contributed by atoms with E-state index in [4.69, 9.17) is 0 Å². The molecule has 2 aromatic rings. The first-order valence-corrected chi connectivity index (χ1v) is 11.0. The topological polar surface area (TPSA) is 81.8 Å². The molecule has 1 fully saturated rings. The zero-order valence-electron chi connectivity index (χ0n) is 17.4. The number of likely N-dealkylation sites (N-methyl/N-ethyl adjacent to an activating group) is 1. The summed E-state index contributed by atoms with van der Waals surface area (Å²) >= 11 is 1.43. The van der Waals surface area contributed by atoms with Crippen LogP contribution in [0.4, 0.5) is 5.69 Å². The van der Waals surface area contributed by atoms with E-state index in [-0.39, 0.29) is 36.9 Å². The largest absolute Gasteiger partial charge is 0.349 e. The molecule has 0 bridgehead atoms. The Hall–Kier alpha value is -2.71. The predicted molar refractivity (Wildman–Crippen MR) is 119 cm³/mol. The van der Waals surface area contributed by atoms with Gasteiger partial charge in [-0.2, -0.15) is 0 Å². The third-order valence-electron chi connectivity index (χ3n) is 5.17. The van der Waals surface area contributed by atoms with E-state index in [1.165, 1.54) is 16.2 Å². The van der Waals surface area contributed by atoms with Crippen molar-refractivity contribution >= 4 is 34.7 Å². The van der Waals surface area contributed by atoms with E-state index in [0.717, 1.165) is 42.1 Å².